The van der Waals surface area contributed by atoms with E-state index in [-0.39, 0.29) is 13.1 Å². The summed E-state index contributed by atoms with van der Waals surface area (Å²) >= 11 is 0. The molecule has 0 unspecified atom stereocenters. The maximum Gasteiger partial charge on any atom is 0.243 e. The fraction of sp³-hybridized carbons (Fsp3) is 0.412. The molecule has 0 amide bonds. The van der Waals surface area contributed by atoms with Crippen molar-refractivity contribution in [2.24, 2.45) is 0 Å². The van der Waals surface area contributed by atoms with Crippen molar-refractivity contribution in [1.82, 2.24) is 14.7 Å². The Morgan fingerprint density at radius 1 is 1.14 bits per heavy atom. The second kappa shape index (κ2) is 8.76. The van der Waals surface area contributed by atoms with Gasteiger partial charge in [0.15, 0.2) is 0 Å². The van der Waals surface area contributed by atoms with Gasteiger partial charge in [0.2, 0.25) is 16.0 Å². The average Bonchev–Trinajstić information content (AvgIpc) is 2.67. The molecule has 2 aromatic rings. The lowest BCUT2D eigenvalue weighted by atomic mass is 10.3. The molecule has 2 heterocycles. The molecule has 1 aromatic heterocycles. The van der Waals surface area contributed by atoms with Gasteiger partial charge in [-0.25, -0.2) is 26.9 Å². The van der Waals surface area contributed by atoms with Crippen LogP contribution in [0.4, 0.5) is 20.5 Å². The normalized spacial score (nSPS) is 14.9. The summed E-state index contributed by atoms with van der Waals surface area (Å²) in [5.74, 6) is -0.721. The Bertz CT molecular complexity index is 936. The Labute approximate surface area is 162 Å². The van der Waals surface area contributed by atoms with E-state index in [9.17, 15) is 17.2 Å². The van der Waals surface area contributed by atoms with Gasteiger partial charge in [-0.15, -0.1) is 0 Å². The van der Waals surface area contributed by atoms with Crippen molar-refractivity contribution in [3.05, 3.63) is 41.6 Å². The van der Waals surface area contributed by atoms with E-state index in [0.717, 1.165) is 36.7 Å². The van der Waals surface area contributed by atoms with Crippen LogP contribution in [-0.2, 0) is 14.8 Å². The molecule has 1 aliphatic heterocycles. The highest BCUT2D eigenvalue weighted by molar-refractivity contribution is 7.89. The smallest absolute Gasteiger partial charge is 0.243 e. The van der Waals surface area contributed by atoms with Crippen molar-refractivity contribution < 1.29 is 21.9 Å². The zero-order chi connectivity index (χ0) is 20.1. The minimum absolute atomic E-state index is 0.0531. The van der Waals surface area contributed by atoms with Gasteiger partial charge in [-0.3, -0.25) is 0 Å². The van der Waals surface area contributed by atoms with E-state index in [1.807, 2.05) is 13.0 Å². The first-order valence-electron chi connectivity index (χ1n) is 8.72. The number of benzene rings is 1. The fourth-order valence-electron chi connectivity index (χ4n) is 2.71. The number of aryl methyl sites for hydroxylation is 1. The topological polar surface area (TPSA) is 96.5 Å². The molecule has 0 aliphatic carbocycles. The molecule has 0 saturated carbocycles. The highest BCUT2D eigenvalue weighted by Crippen LogP contribution is 2.17. The number of ether oxygens (including phenoxy) is 1. The van der Waals surface area contributed by atoms with Gasteiger partial charge >= 0.3 is 0 Å². The van der Waals surface area contributed by atoms with E-state index in [2.05, 4.69) is 24.9 Å². The lowest BCUT2D eigenvalue weighted by Gasteiger charge is -2.28. The Morgan fingerprint density at radius 3 is 2.64 bits per heavy atom. The van der Waals surface area contributed by atoms with E-state index in [1.165, 1.54) is 0 Å². The average molecular weight is 413 g/mol. The SMILES string of the molecule is Cc1cc(N2CCOCC2)nc(NCCNS(=O)(=O)c2cc(F)ccc2F)n1. The maximum absolute atomic E-state index is 13.7. The highest BCUT2D eigenvalue weighted by atomic mass is 32.2. The van der Waals surface area contributed by atoms with Gasteiger partial charge in [0.25, 0.3) is 0 Å². The van der Waals surface area contributed by atoms with E-state index in [1.54, 1.807) is 0 Å². The lowest BCUT2D eigenvalue weighted by Crippen LogP contribution is -2.37. The van der Waals surface area contributed by atoms with Crippen LogP contribution in [0, 0.1) is 18.6 Å². The van der Waals surface area contributed by atoms with Crippen LogP contribution in [-0.4, -0.2) is 57.8 Å². The first kappa shape index (κ1) is 20.4. The molecule has 152 valence electrons. The second-order valence-corrected chi connectivity index (χ2v) is 7.93. The molecule has 1 aromatic carbocycles. The summed E-state index contributed by atoms with van der Waals surface area (Å²) in [5.41, 5.74) is 0.765. The highest BCUT2D eigenvalue weighted by Gasteiger charge is 2.19. The minimum atomic E-state index is -4.17. The van der Waals surface area contributed by atoms with Gasteiger partial charge in [-0.2, -0.15) is 4.98 Å². The van der Waals surface area contributed by atoms with E-state index in [0.29, 0.717) is 25.2 Å². The number of halogens is 2. The van der Waals surface area contributed by atoms with E-state index < -0.39 is 26.6 Å². The summed E-state index contributed by atoms with van der Waals surface area (Å²) in [6.45, 7) is 4.68. The van der Waals surface area contributed by atoms with Crippen LogP contribution in [0.25, 0.3) is 0 Å². The molecule has 8 nitrogen and oxygen atoms in total. The van der Waals surface area contributed by atoms with E-state index >= 15 is 0 Å². The van der Waals surface area contributed by atoms with Gasteiger partial charge in [-0.05, 0) is 25.1 Å². The molecule has 1 aliphatic rings. The molecule has 28 heavy (non-hydrogen) atoms. The third-order valence-electron chi connectivity index (χ3n) is 4.06. The number of rotatable bonds is 7. The van der Waals surface area contributed by atoms with Crippen LogP contribution in [0.3, 0.4) is 0 Å². The predicted molar refractivity (Wildman–Crippen MR) is 99.8 cm³/mol. The Balaban J connectivity index is 1.59. The molecule has 1 fully saturated rings. The number of aromatic nitrogens is 2. The third kappa shape index (κ3) is 5.12. The van der Waals surface area contributed by atoms with Crippen molar-refractivity contribution in [3.63, 3.8) is 0 Å². The van der Waals surface area contributed by atoms with Crippen LogP contribution in [0.5, 0.6) is 0 Å². The Morgan fingerprint density at radius 2 is 1.89 bits per heavy atom. The fourth-order valence-corrected chi connectivity index (χ4v) is 3.82. The Hall–Kier alpha value is -2.37. The number of sulfonamides is 1. The molecule has 2 N–H and O–H groups in total. The molecule has 0 radical (unpaired) electrons. The first-order valence-corrected chi connectivity index (χ1v) is 10.2. The summed E-state index contributed by atoms with van der Waals surface area (Å²) in [5, 5.41) is 2.94. The standard InChI is InChI=1S/C17H21F2N5O3S/c1-12-10-16(24-6-8-27-9-7-24)23-17(22-12)20-4-5-21-28(25,26)15-11-13(18)2-3-14(15)19/h2-3,10-11,21H,4-9H2,1H3,(H,20,22,23). The summed E-state index contributed by atoms with van der Waals surface area (Å²) in [7, 11) is -4.17. The summed E-state index contributed by atoms with van der Waals surface area (Å²) < 4.78 is 58.7. The number of nitrogens with zero attached hydrogens (tertiary/aromatic N) is 3. The van der Waals surface area contributed by atoms with Crippen LogP contribution in [0.15, 0.2) is 29.2 Å². The van der Waals surface area contributed by atoms with E-state index in [4.69, 9.17) is 4.74 Å². The van der Waals surface area contributed by atoms with Crippen molar-refractivity contribution in [1.29, 1.82) is 0 Å². The molecule has 0 bridgehead atoms. The van der Waals surface area contributed by atoms with Gasteiger partial charge in [0.05, 0.1) is 13.2 Å². The number of hydrogen-bond donors (Lipinski definition) is 2. The molecule has 0 spiro atoms. The van der Waals surface area contributed by atoms with Gasteiger partial charge in [-0.1, -0.05) is 0 Å². The molecule has 11 heteroatoms. The second-order valence-electron chi connectivity index (χ2n) is 6.19. The van der Waals surface area contributed by atoms with Crippen molar-refractivity contribution in [3.8, 4) is 0 Å². The van der Waals surface area contributed by atoms with Crippen LogP contribution >= 0.6 is 0 Å². The molecular weight excluding hydrogens is 392 g/mol. The van der Waals surface area contributed by atoms with Gasteiger partial charge in [0.1, 0.15) is 22.3 Å². The van der Waals surface area contributed by atoms with Crippen LogP contribution in [0.2, 0.25) is 0 Å². The summed E-state index contributed by atoms with van der Waals surface area (Å²) in [6, 6.07) is 4.14. The lowest BCUT2D eigenvalue weighted by molar-refractivity contribution is 0.122. The van der Waals surface area contributed by atoms with Crippen LogP contribution in [0.1, 0.15) is 5.69 Å². The quantitative estimate of drug-likeness (QED) is 0.661. The maximum atomic E-state index is 13.7. The van der Waals surface area contributed by atoms with Crippen molar-refractivity contribution in [2.45, 2.75) is 11.8 Å². The zero-order valence-electron chi connectivity index (χ0n) is 15.3. The zero-order valence-corrected chi connectivity index (χ0v) is 16.1. The minimum Gasteiger partial charge on any atom is -0.378 e. The summed E-state index contributed by atoms with van der Waals surface area (Å²) in [4.78, 5) is 10.1. The van der Waals surface area contributed by atoms with Crippen molar-refractivity contribution >= 4 is 21.8 Å². The molecular formula is C17H21F2N5O3S. The third-order valence-corrected chi connectivity index (χ3v) is 5.53. The Kier molecular flexibility index (Phi) is 6.37. The number of nitrogens with one attached hydrogen (secondary N) is 2. The first-order chi connectivity index (χ1) is 13.3. The number of anilines is 2. The number of hydrogen-bond acceptors (Lipinski definition) is 7. The van der Waals surface area contributed by atoms with Crippen LogP contribution < -0.4 is 14.9 Å². The number of morpholine rings is 1. The van der Waals surface area contributed by atoms with Crippen molar-refractivity contribution in [2.75, 3.05) is 49.6 Å². The molecule has 3 rings (SSSR count). The predicted octanol–water partition coefficient (Wildman–Crippen LogP) is 1.29. The van der Waals surface area contributed by atoms with Gasteiger partial charge in [0, 0.05) is 37.9 Å². The molecule has 1 saturated heterocycles. The summed E-state index contributed by atoms with van der Waals surface area (Å²) in [6.07, 6.45) is 0. The monoisotopic (exact) mass is 413 g/mol. The molecule has 0 atom stereocenters. The largest absolute Gasteiger partial charge is 0.378 e. The van der Waals surface area contributed by atoms with Gasteiger partial charge < -0.3 is 15.0 Å².